The van der Waals surface area contributed by atoms with Crippen LogP contribution >= 0.6 is 0 Å². The lowest BCUT2D eigenvalue weighted by Gasteiger charge is -1.99. The van der Waals surface area contributed by atoms with Crippen LogP contribution in [0.4, 0.5) is 0 Å². The molecule has 0 bridgehead atoms. The van der Waals surface area contributed by atoms with Gasteiger partial charge in [-0.25, -0.2) is 0 Å². The van der Waals surface area contributed by atoms with Crippen LogP contribution in [0.2, 0.25) is 0 Å². The largest absolute Gasteiger partial charge is 0.497 e. The van der Waals surface area contributed by atoms with Gasteiger partial charge >= 0.3 is 0 Å². The Morgan fingerprint density at radius 3 is 2.18 bits per heavy atom. The Bertz CT molecular complexity index is 173. The molecular formula is C8H14N2O. The molecular weight excluding hydrogens is 140 g/mol. The predicted octanol–water partition coefficient (Wildman–Crippen LogP) is 1.32. The summed E-state index contributed by atoms with van der Waals surface area (Å²) < 4.78 is 4.97. The molecule has 0 aliphatic carbocycles. The molecule has 0 aliphatic heterocycles. The number of hydrogen-bond acceptors (Lipinski definition) is 3. The van der Waals surface area contributed by atoms with E-state index >= 15 is 0 Å². The molecule has 1 rings (SSSR count). The first kappa shape index (κ1) is 9.94. The molecule has 0 aliphatic rings. The van der Waals surface area contributed by atoms with Crippen molar-refractivity contribution in [1.82, 2.24) is 6.15 Å². The third-order valence-electron chi connectivity index (χ3n) is 1.39. The van der Waals surface area contributed by atoms with E-state index in [9.17, 15) is 0 Å². The van der Waals surface area contributed by atoms with Gasteiger partial charge in [0, 0.05) is 6.54 Å². The minimum absolute atomic E-state index is 0. The molecule has 0 saturated carbocycles. The first-order chi connectivity index (χ1) is 4.86. The van der Waals surface area contributed by atoms with Crippen molar-refractivity contribution < 1.29 is 4.74 Å². The third kappa shape index (κ3) is 2.57. The second kappa shape index (κ2) is 4.71. The highest BCUT2D eigenvalue weighted by atomic mass is 16.5. The zero-order valence-corrected chi connectivity index (χ0v) is 6.71. The van der Waals surface area contributed by atoms with E-state index in [1.807, 2.05) is 24.3 Å². The molecule has 3 nitrogen and oxygen atoms in total. The topological polar surface area (TPSA) is 70.2 Å². The van der Waals surface area contributed by atoms with Crippen LogP contribution in [0.3, 0.4) is 0 Å². The highest BCUT2D eigenvalue weighted by Gasteiger charge is 1.89. The van der Waals surface area contributed by atoms with E-state index in [4.69, 9.17) is 10.5 Å². The summed E-state index contributed by atoms with van der Waals surface area (Å²) in [6.07, 6.45) is 0. The highest BCUT2D eigenvalue weighted by molar-refractivity contribution is 5.26. The van der Waals surface area contributed by atoms with E-state index in [0.717, 1.165) is 11.3 Å². The van der Waals surface area contributed by atoms with Crippen LogP contribution in [0.15, 0.2) is 24.3 Å². The van der Waals surface area contributed by atoms with Crippen LogP contribution in [-0.2, 0) is 6.54 Å². The van der Waals surface area contributed by atoms with Gasteiger partial charge in [0.2, 0.25) is 0 Å². The molecule has 0 heterocycles. The molecule has 0 spiro atoms. The normalized spacial score (nSPS) is 8.55. The number of methoxy groups -OCH3 is 1. The number of ether oxygens (including phenoxy) is 1. The van der Waals surface area contributed by atoms with Gasteiger partial charge in [0.05, 0.1) is 7.11 Å². The molecule has 0 amide bonds. The Hall–Kier alpha value is -1.06. The fourth-order valence-electron chi connectivity index (χ4n) is 0.762. The summed E-state index contributed by atoms with van der Waals surface area (Å²) >= 11 is 0. The van der Waals surface area contributed by atoms with Crippen molar-refractivity contribution in [2.45, 2.75) is 6.54 Å². The lowest BCUT2D eigenvalue weighted by atomic mass is 10.2. The van der Waals surface area contributed by atoms with E-state index in [0.29, 0.717) is 6.54 Å². The molecule has 0 unspecified atom stereocenters. The lowest BCUT2D eigenvalue weighted by Crippen LogP contribution is -1.95. The van der Waals surface area contributed by atoms with Gasteiger partial charge in [-0.05, 0) is 17.7 Å². The van der Waals surface area contributed by atoms with E-state index < -0.39 is 0 Å². The van der Waals surface area contributed by atoms with Crippen LogP contribution in [0.5, 0.6) is 5.75 Å². The zero-order chi connectivity index (χ0) is 7.40. The minimum atomic E-state index is 0. The van der Waals surface area contributed by atoms with Gasteiger partial charge in [0.1, 0.15) is 5.75 Å². The molecule has 0 fully saturated rings. The summed E-state index contributed by atoms with van der Waals surface area (Å²) in [5.41, 5.74) is 6.53. The van der Waals surface area contributed by atoms with Crippen molar-refractivity contribution in [2.75, 3.05) is 7.11 Å². The van der Waals surface area contributed by atoms with Gasteiger partial charge in [-0.2, -0.15) is 0 Å². The van der Waals surface area contributed by atoms with Gasteiger partial charge in [-0.1, -0.05) is 12.1 Å². The molecule has 1 aromatic carbocycles. The second-order valence-electron chi connectivity index (χ2n) is 2.05. The number of nitrogens with two attached hydrogens (primary N) is 1. The summed E-state index contributed by atoms with van der Waals surface area (Å²) in [6.45, 7) is 0.587. The van der Waals surface area contributed by atoms with E-state index in [2.05, 4.69) is 0 Å². The molecule has 5 N–H and O–H groups in total. The molecule has 0 atom stereocenters. The van der Waals surface area contributed by atoms with Crippen molar-refractivity contribution in [3.63, 3.8) is 0 Å². The van der Waals surface area contributed by atoms with Crippen molar-refractivity contribution in [3.05, 3.63) is 29.8 Å². The van der Waals surface area contributed by atoms with Crippen molar-refractivity contribution in [1.29, 1.82) is 0 Å². The average molecular weight is 154 g/mol. The summed E-state index contributed by atoms with van der Waals surface area (Å²) in [5, 5.41) is 0. The number of hydrogen-bond donors (Lipinski definition) is 2. The lowest BCUT2D eigenvalue weighted by molar-refractivity contribution is 0.414. The fraction of sp³-hybridized carbons (Fsp3) is 0.250. The fourth-order valence-corrected chi connectivity index (χ4v) is 0.762. The van der Waals surface area contributed by atoms with Crippen LogP contribution < -0.4 is 16.6 Å². The van der Waals surface area contributed by atoms with Gasteiger partial charge in [-0.3, -0.25) is 0 Å². The Kier molecular flexibility index (Phi) is 4.26. The SMILES string of the molecule is COc1ccc(CN)cc1.N. The predicted molar refractivity (Wildman–Crippen MR) is 45.9 cm³/mol. The second-order valence-corrected chi connectivity index (χ2v) is 2.05. The van der Waals surface area contributed by atoms with Crippen LogP contribution in [0.1, 0.15) is 5.56 Å². The Labute approximate surface area is 66.8 Å². The average Bonchev–Trinajstić information content (AvgIpc) is 2.05. The van der Waals surface area contributed by atoms with E-state index in [-0.39, 0.29) is 6.15 Å². The maximum Gasteiger partial charge on any atom is 0.118 e. The van der Waals surface area contributed by atoms with E-state index in [1.54, 1.807) is 7.11 Å². The van der Waals surface area contributed by atoms with E-state index in [1.165, 1.54) is 0 Å². The first-order valence-electron chi connectivity index (χ1n) is 3.20. The summed E-state index contributed by atoms with van der Waals surface area (Å²) in [4.78, 5) is 0. The molecule has 0 saturated heterocycles. The van der Waals surface area contributed by atoms with Gasteiger partial charge in [0.15, 0.2) is 0 Å². The first-order valence-corrected chi connectivity index (χ1v) is 3.20. The minimum Gasteiger partial charge on any atom is -0.497 e. The standard InChI is InChI=1S/C8H11NO.H3N/c1-10-8-4-2-7(6-9)3-5-8;/h2-5H,6,9H2,1H3;1H3. The van der Waals surface area contributed by atoms with Gasteiger partial charge in [-0.15, -0.1) is 0 Å². The number of benzene rings is 1. The smallest absolute Gasteiger partial charge is 0.118 e. The molecule has 0 radical (unpaired) electrons. The zero-order valence-electron chi connectivity index (χ0n) is 6.71. The Morgan fingerprint density at radius 1 is 1.27 bits per heavy atom. The highest BCUT2D eigenvalue weighted by Crippen LogP contribution is 2.09. The number of rotatable bonds is 2. The van der Waals surface area contributed by atoms with Gasteiger partial charge < -0.3 is 16.6 Å². The summed E-state index contributed by atoms with van der Waals surface area (Å²) in [6, 6.07) is 7.72. The van der Waals surface area contributed by atoms with Crippen LogP contribution in [0.25, 0.3) is 0 Å². The van der Waals surface area contributed by atoms with Gasteiger partial charge in [0.25, 0.3) is 0 Å². The van der Waals surface area contributed by atoms with Crippen LogP contribution in [0, 0.1) is 0 Å². The summed E-state index contributed by atoms with van der Waals surface area (Å²) in [5.74, 6) is 0.872. The van der Waals surface area contributed by atoms with Crippen molar-refractivity contribution in [3.8, 4) is 5.75 Å². The molecule has 1 aromatic rings. The third-order valence-corrected chi connectivity index (χ3v) is 1.39. The molecule has 11 heavy (non-hydrogen) atoms. The van der Waals surface area contributed by atoms with Crippen molar-refractivity contribution in [2.24, 2.45) is 5.73 Å². The monoisotopic (exact) mass is 154 g/mol. The Balaban J connectivity index is 0.000001000. The van der Waals surface area contributed by atoms with Crippen molar-refractivity contribution >= 4 is 0 Å². The van der Waals surface area contributed by atoms with Crippen LogP contribution in [-0.4, -0.2) is 7.11 Å². The maximum atomic E-state index is 5.40. The molecule has 3 heteroatoms. The summed E-state index contributed by atoms with van der Waals surface area (Å²) in [7, 11) is 1.65. The Morgan fingerprint density at radius 2 is 1.82 bits per heavy atom. The maximum absolute atomic E-state index is 5.40. The quantitative estimate of drug-likeness (QED) is 0.674. The molecule has 62 valence electrons. The molecule has 0 aromatic heterocycles.